The molecular weight excluding hydrogens is 302 g/mol. The van der Waals surface area contributed by atoms with Crippen molar-refractivity contribution in [3.63, 3.8) is 0 Å². The minimum Gasteiger partial charge on any atom is -0.479 e. The molecule has 0 N–H and O–H groups in total. The van der Waals surface area contributed by atoms with Gasteiger partial charge in [0.15, 0.2) is 0 Å². The number of fused-ring (bicyclic) bond motifs is 2. The molecule has 1 aliphatic heterocycles. The predicted molar refractivity (Wildman–Crippen MR) is 90.7 cm³/mol. The van der Waals surface area contributed by atoms with Crippen molar-refractivity contribution in [2.45, 2.75) is 37.5 Å². The van der Waals surface area contributed by atoms with Crippen LogP contribution in [-0.2, 0) is 9.53 Å². The molecule has 0 spiro atoms. The van der Waals surface area contributed by atoms with Gasteiger partial charge in [0.1, 0.15) is 0 Å². The largest absolute Gasteiger partial charge is 0.479 e. The van der Waals surface area contributed by atoms with Crippen LogP contribution < -0.4 is 4.90 Å². The maximum Gasteiger partial charge on any atom is 0.230 e. The molecule has 1 aliphatic carbocycles. The number of para-hydroxylation sites is 1. The maximum atomic E-state index is 12.6. The monoisotopic (exact) mass is 321 g/mol. The van der Waals surface area contributed by atoms with Gasteiger partial charge in [-0.15, -0.1) is 0 Å². The lowest BCUT2D eigenvalue weighted by Crippen LogP contribution is -2.39. The summed E-state index contributed by atoms with van der Waals surface area (Å²) < 4.78 is 6.01. The fourth-order valence-corrected chi connectivity index (χ4v) is 4.86. The van der Waals surface area contributed by atoms with Gasteiger partial charge in [-0.2, -0.15) is 0 Å². The number of carbonyl (C=O) groups is 1. The van der Waals surface area contributed by atoms with Crippen LogP contribution in [0.4, 0.5) is 5.69 Å². The Morgan fingerprint density at radius 2 is 2.14 bits per heavy atom. The first-order valence-electron chi connectivity index (χ1n) is 7.42. The van der Waals surface area contributed by atoms with Gasteiger partial charge in [-0.3, -0.25) is 4.79 Å². The van der Waals surface area contributed by atoms with Gasteiger partial charge < -0.3 is 9.64 Å². The highest BCUT2D eigenvalue weighted by Crippen LogP contribution is 2.44. The quantitative estimate of drug-likeness (QED) is 0.795. The Hall–Kier alpha value is -1.07. The molecule has 2 bridgehead atoms. The number of amides is 1. The smallest absolute Gasteiger partial charge is 0.230 e. The highest BCUT2D eigenvalue weighted by molar-refractivity contribution is 8.23. The Bertz CT molecular complexity index is 534. The molecule has 0 radical (unpaired) electrons. The van der Waals surface area contributed by atoms with E-state index in [2.05, 4.69) is 0 Å². The summed E-state index contributed by atoms with van der Waals surface area (Å²) in [6.45, 7) is 2.55. The Morgan fingerprint density at radius 1 is 1.38 bits per heavy atom. The molecule has 1 heterocycles. The van der Waals surface area contributed by atoms with Crippen LogP contribution >= 0.6 is 24.0 Å². The first-order chi connectivity index (χ1) is 10.2. The summed E-state index contributed by atoms with van der Waals surface area (Å²) in [5.41, 5.74) is 1.00. The standard InChI is InChI=1S/C16H19NO2S2/c1-2-19-16(20)21-14-9-8-11-10-13(14)17(15(11)18)12-6-4-3-5-7-12/h3-7,11,13-14H,2,8-10H2,1H3/t11?,13?,14-/m1/s1. The van der Waals surface area contributed by atoms with Crippen LogP contribution in [0.15, 0.2) is 30.3 Å². The van der Waals surface area contributed by atoms with Crippen molar-refractivity contribution in [3.8, 4) is 0 Å². The number of carbonyl (C=O) groups excluding carboxylic acids is 1. The topological polar surface area (TPSA) is 29.5 Å². The van der Waals surface area contributed by atoms with E-state index < -0.39 is 0 Å². The normalized spacial score (nSPS) is 27.8. The van der Waals surface area contributed by atoms with Gasteiger partial charge in [0.2, 0.25) is 10.3 Å². The van der Waals surface area contributed by atoms with Crippen molar-refractivity contribution in [2.24, 2.45) is 5.92 Å². The molecular formula is C16H19NO2S2. The maximum absolute atomic E-state index is 12.6. The molecule has 3 nitrogen and oxygen atoms in total. The second-order valence-electron chi connectivity index (χ2n) is 5.46. The predicted octanol–water partition coefficient (Wildman–Crippen LogP) is 3.63. The van der Waals surface area contributed by atoms with E-state index in [-0.39, 0.29) is 17.9 Å². The van der Waals surface area contributed by atoms with Gasteiger partial charge in [-0.25, -0.2) is 0 Å². The van der Waals surface area contributed by atoms with Crippen LogP contribution in [0.2, 0.25) is 0 Å². The first kappa shape index (κ1) is 14.9. The second-order valence-corrected chi connectivity index (χ2v) is 7.30. The summed E-state index contributed by atoms with van der Waals surface area (Å²) in [4.78, 5) is 14.6. The summed E-state index contributed by atoms with van der Waals surface area (Å²) in [7, 11) is 0. The average molecular weight is 321 g/mol. The van der Waals surface area contributed by atoms with Crippen molar-refractivity contribution in [2.75, 3.05) is 11.5 Å². The lowest BCUT2D eigenvalue weighted by molar-refractivity contribution is -0.120. The van der Waals surface area contributed by atoms with E-state index in [1.165, 1.54) is 0 Å². The van der Waals surface area contributed by atoms with Crippen LogP contribution in [0, 0.1) is 5.92 Å². The summed E-state index contributed by atoms with van der Waals surface area (Å²) in [5, 5.41) is 0.340. The highest BCUT2D eigenvalue weighted by Gasteiger charge is 2.47. The first-order valence-corrected chi connectivity index (χ1v) is 8.71. The van der Waals surface area contributed by atoms with E-state index in [1.54, 1.807) is 11.8 Å². The number of anilines is 1. The van der Waals surface area contributed by atoms with Crippen molar-refractivity contribution < 1.29 is 9.53 Å². The summed E-state index contributed by atoms with van der Waals surface area (Å²) in [5.74, 6) is 0.462. The SMILES string of the molecule is CCOC(=S)S[C@@H]1CCC2CC1N(c1ccccc1)C2=O. The number of hydrogen-bond donors (Lipinski definition) is 0. The molecule has 112 valence electrons. The van der Waals surface area contributed by atoms with Crippen LogP contribution in [0.1, 0.15) is 26.2 Å². The molecule has 1 saturated heterocycles. The van der Waals surface area contributed by atoms with Crippen molar-refractivity contribution in [3.05, 3.63) is 30.3 Å². The zero-order valence-corrected chi connectivity index (χ0v) is 13.7. The molecule has 1 aromatic rings. The second kappa shape index (κ2) is 6.36. The third-order valence-electron chi connectivity index (χ3n) is 4.22. The number of thiocarbonyl (C=S) groups is 1. The number of rotatable bonds is 3. The lowest BCUT2D eigenvalue weighted by Gasteiger charge is -2.31. The molecule has 3 atom stereocenters. The third kappa shape index (κ3) is 2.94. The van der Waals surface area contributed by atoms with Crippen LogP contribution in [0.5, 0.6) is 0 Å². The average Bonchev–Trinajstić information content (AvgIpc) is 2.76. The number of ether oxygens (including phenoxy) is 1. The van der Waals surface area contributed by atoms with E-state index in [4.69, 9.17) is 17.0 Å². The fraction of sp³-hybridized carbons (Fsp3) is 0.500. The number of nitrogens with zero attached hydrogens (tertiary/aromatic N) is 1. The number of benzene rings is 1. The minimum atomic E-state index is 0.188. The third-order valence-corrected chi connectivity index (χ3v) is 5.79. The van der Waals surface area contributed by atoms with E-state index in [0.717, 1.165) is 24.9 Å². The van der Waals surface area contributed by atoms with E-state index in [1.807, 2.05) is 42.2 Å². The minimum absolute atomic E-state index is 0.188. The Kier molecular flexibility index (Phi) is 4.50. The molecule has 5 heteroatoms. The Morgan fingerprint density at radius 3 is 2.86 bits per heavy atom. The molecule has 2 fully saturated rings. The van der Waals surface area contributed by atoms with Crippen LogP contribution in [0.3, 0.4) is 0 Å². The zero-order valence-electron chi connectivity index (χ0n) is 12.0. The Labute approximate surface area is 135 Å². The van der Waals surface area contributed by atoms with Gasteiger partial charge >= 0.3 is 0 Å². The zero-order chi connectivity index (χ0) is 14.8. The van der Waals surface area contributed by atoms with Crippen LogP contribution in [0.25, 0.3) is 0 Å². The van der Waals surface area contributed by atoms with Gasteiger partial charge in [0.25, 0.3) is 0 Å². The van der Waals surface area contributed by atoms with E-state index in [0.29, 0.717) is 16.2 Å². The van der Waals surface area contributed by atoms with Crippen molar-refractivity contribution in [1.82, 2.24) is 0 Å². The fourth-order valence-electron chi connectivity index (χ4n) is 3.30. The van der Waals surface area contributed by atoms with E-state index >= 15 is 0 Å². The molecule has 1 amide bonds. The van der Waals surface area contributed by atoms with Crippen molar-refractivity contribution >= 4 is 40.0 Å². The molecule has 21 heavy (non-hydrogen) atoms. The Balaban J connectivity index is 1.81. The summed E-state index contributed by atoms with van der Waals surface area (Å²) in [6, 6.07) is 10.2. The van der Waals surface area contributed by atoms with Gasteiger partial charge in [0, 0.05) is 16.9 Å². The van der Waals surface area contributed by atoms with Gasteiger partial charge in [0.05, 0.1) is 12.6 Å². The lowest BCUT2D eigenvalue weighted by atomic mass is 9.90. The highest BCUT2D eigenvalue weighted by atomic mass is 32.2. The number of thioether (sulfide) groups is 1. The van der Waals surface area contributed by atoms with Crippen molar-refractivity contribution in [1.29, 1.82) is 0 Å². The molecule has 2 unspecified atom stereocenters. The summed E-state index contributed by atoms with van der Waals surface area (Å²) in [6.07, 6.45) is 2.94. The van der Waals surface area contributed by atoms with Gasteiger partial charge in [-0.05, 0) is 50.5 Å². The molecule has 3 rings (SSSR count). The molecule has 0 aromatic heterocycles. The molecule has 1 saturated carbocycles. The van der Waals surface area contributed by atoms with Gasteiger partial charge in [-0.1, -0.05) is 30.0 Å². The number of hydrogen-bond acceptors (Lipinski definition) is 4. The molecule has 2 aliphatic rings. The molecule has 1 aromatic carbocycles. The summed E-state index contributed by atoms with van der Waals surface area (Å²) >= 11 is 6.89. The van der Waals surface area contributed by atoms with E-state index in [9.17, 15) is 4.79 Å². The van der Waals surface area contributed by atoms with Crippen LogP contribution in [-0.4, -0.2) is 28.2 Å².